The van der Waals surface area contributed by atoms with E-state index >= 15 is 0 Å². The van der Waals surface area contributed by atoms with Crippen LogP contribution in [0, 0.1) is 0 Å². The molecule has 2 aromatic rings. The average Bonchev–Trinajstić information content (AvgIpc) is 2.50. The van der Waals surface area contributed by atoms with Gasteiger partial charge < -0.3 is 15.5 Å². The second-order valence-electron chi connectivity index (χ2n) is 4.68. The molecule has 0 aliphatic heterocycles. The third-order valence-corrected chi connectivity index (χ3v) is 3.14. The van der Waals surface area contributed by atoms with Crippen LogP contribution in [0.1, 0.15) is 23.3 Å². The molecule has 1 aromatic carbocycles. The first-order valence-electron chi connectivity index (χ1n) is 6.58. The van der Waals surface area contributed by atoms with Gasteiger partial charge in [-0.1, -0.05) is 24.3 Å². The lowest BCUT2D eigenvalue weighted by molar-refractivity contribution is -0.140. The van der Waals surface area contributed by atoms with Gasteiger partial charge in [0, 0.05) is 18.0 Å². The number of carbonyl (C=O) groups excluding carboxylic acids is 1. The number of benzene rings is 1. The molecule has 1 unspecified atom stereocenters. The molecule has 7 nitrogen and oxygen atoms in total. The summed E-state index contributed by atoms with van der Waals surface area (Å²) in [6, 6.07) is 7.56. The Bertz CT molecular complexity index is 723. The van der Waals surface area contributed by atoms with Gasteiger partial charge in [0.1, 0.15) is 11.7 Å². The number of carbonyl (C=O) groups is 3. The molecule has 0 aliphatic carbocycles. The predicted octanol–water partition coefficient (Wildman–Crippen LogP) is 1.28. The fourth-order valence-electron chi connectivity index (χ4n) is 2.05. The quantitative estimate of drug-likeness (QED) is 0.740. The second kappa shape index (κ2) is 6.66. The van der Waals surface area contributed by atoms with Gasteiger partial charge in [0.2, 0.25) is 0 Å². The Morgan fingerprint density at radius 2 is 1.86 bits per heavy atom. The lowest BCUT2D eigenvalue weighted by Gasteiger charge is -2.14. The van der Waals surface area contributed by atoms with Crippen molar-refractivity contribution in [3.63, 3.8) is 0 Å². The van der Waals surface area contributed by atoms with E-state index in [4.69, 9.17) is 10.2 Å². The van der Waals surface area contributed by atoms with Crippen LogP contribution >= 0.6 is 0 Å². The molecular formula is C15H14N2O5. The fraction of sp³-hybridized carbons (Fsp3) is 0.200. The number of carboxylic acid groups (broad SMARTS) is 2. The summed E-state index contributed by atoms with van der Waals surface area (Å²) < 4.78 is 0. The summed E-state index contributed by atoms with van der Waals surface area (Å²) in [5, 5.41) is 21.4. The van der Waals surface area contributed by atoms with Gasteiger partial charge in [-0.25, -0.2) is 4.79 Å². The van der Waals surface area contributed by atoms with Crippen LogP contribution in [0.3, 0.4) is 0 Å². The minimum atomic E-state index is -1.28. The Balaban J connectivity index is 2.22. The molecule has 114 valence electrons. The van der Waals surface area contributed by atoms with Crippen LogP contribution in [-0.4, -0.2) is 39.1 Å². The molecule has 0 saturated carbocycles. The van der Waals surface area contributed by atoms with Gasteiger partial charge in [-0.2, -0.15) is 0 Å². The van der Waals surface area contributed by atoms with Crippen molar-refractivity contribution in [3.05, 3.63) is 42.2 Å². The van der Waals surface area contributed by atoms with Crippen molar-refractivity contribution in [3.8, 4) is 0 Å². The number of fused-ring (bicyclic) bond motifs is 1. The molecule has 0 fully saturated rings. The largest absolute Gasteiger partial charge is 0.481 e. The molecule has 0 radical (unpaired) electrons. The molecule has 22 heavy (non-hydrogen) atoms. The van der Waals surface area contributed by atoms with E-state index in [2.05, 4.69) is 10.3 Å². The summed E-state index contributed by atoms with van der Waals surface area (Å²) in [7, 11) is 0. The van der Waals surface area contributed by atoms with Gasteiger partial charge in [0.05, 0.1) is 0 Å². The van der Waals surface area contributed by atoms with E-state index in [1.165, 1.54) is 6.20 Å². The molecule has 7 heteroatoms. The van der Waals surface area contributed by atoms with Gasteiger partial charge in [-0.15, -0.1) is 0 Å². The maximum atomic E-state index is 12.2. The first-order chi connectivity index (χ1) is 10.5. The minimum absolute atomic E-state index is 0.111. The first kappa shape index (κ1) is 15.4. The Labute approximate surface area is 125 Å². The third-order valence-electron chi connectivity index (χ3n) is 3.14. The van der Waals surface area contributed by atoms with E-state index in [1.54, 1.807) is 18.2 Å². The van der Waals surface area contributed by atoms with Crippen molar-refractivity contribution in [2.45, 2.75) is 18.9 Å². The number of aromatic nitrogens is 1. The van der Waals surface area contributed by atoms with Crippen LogP contribution in [0.5, 0.6) is 0 Å². The molecule has 0 saturated heterocycles. The van der Waals surface area contributed by atoms with Crippen molar-refractivity contribution < 1.29 is 24.6 Å². The summed E-state index contributed by atoms with van der Waals surface area (Å²) in [6.07, 6.45) is 0.922. The van der Waals surface area contributed by atoms with Gasteiger partial charge in [-0.05, 0) is 17.9 Å². The second-order valence-corrected chi connectivity index (χ2v) is 4.68. The first-order valence-corrected chi connectivity index (χ1v) is 6.58. The van der Waals surface area contributed by atoms with Crippen molar-refractivity contribution >= 4 is 28.6 Å². The number of amides is 1. The Hall–Kier alpha value is -2.96. The lowest BCUT2D eigenvalue weighted by Crippen LogP contribution is -2.41. The van der Waals surface area contributed by atoms with E-state index in [-0.39, 0.29) is 18.5 Å². The summed E-state index contributed by atoms with van der Waals surface area (Å²) in [4.78, 5) is 37.9. The smallest absolute Gasteiger partial charge is 0.326 e. The summed E-state index contributed by atoms with van der Waals surface area (Å²) in [6.45, 7) is 0. The van der Waals surface area contributed by atoms with Crippen LogP contribution in [0.25, 0.3) is 10.8 Å². The lowest BCUT2D eigenvalue weighted by atomic mass is 10.1. The molecule has 0 aliphatic rings. The third kappa shape index (κ3) is 3.57. The van der Waals surface area contributed by atoms with Crippen molar-refractivity contribution in [1.29, 1.82) is 0 Å². The topological polar surface area (TPSA) is 117 Å². The predicted molar refractivity (Wildman–Crippen MR) is 77.5 cm³/mol. The molecule has 0 spiro atoms. The van der Waals surface area contributed by atoms with Crippen LogP contribution in [-0.2, 0) is 9.59 Å². The Morgan fingerprint density at radius 1 is 1.14 bits per heavy atom. The number of nitrogens with one attached hydrogen (secondary N) is 1. The zero-order chi connectivity index (χ0) is 16.1. The normalized spacial score (nSPS) is 11.8. The molecule has 1 heterocycles. The number of nitrogens with zero attached hydrogens (tertiary/aromatic N) is 1. The maximum Gasteiger partial charge on any atom is 0.326 e. The highest BCUT2D eigenvalue weighted by Gasteiger charge is 2.23. The van der Waals surface area contributed by atoms with Crippen molar-refractivity contribution in [1.82, 2.24) is 10.3 Å². The Morgan fingerprint density at radius 3 is 2.55 bits per heavy atom. The van der Waals surface area contributed by atoms with Crippen LogP contribution in [0.15, 0.2) is 36.5 Å². The van der Waals surface area contributed by atoms with Gasteiger partial charge in [0.15, 0.2) is 0 Å². The van der Waals surface area contributed by atoms with Gasteiger partial charge >= 0.3 is 11.9 Å². The van der Waals surface area contributed by atoms with Crippen LogP contribution < -0.4 is 5.32 Å². The highest BCUT2D eigenvalue weighted by atomic mass is 16.4. The molecule has 3 N–H and O–H groups in total. The molecule has 1 amide bonds. The van der Waals surface area contributed by atoms with E-state index in [1.807, 2.05) is 12.1 Å². The highest BCUT2D eigenvalue weighted by Crippen LogP contribution is 2.16. The van der Waals surface area contributed by atoms with Gasteiger partial charge in [0.25, 0.3) is 5.91 Å². The average molecular weight is 302 g/mol. The van der Waals surface area contributed by atoms with E-state index in [0.29, 0.717) is 5.39 Å². The summed E-state index contributed by atoms with van der Waals surface area (Å²) >= 11 is 0. The van der Waals surface area contributed by atoms with Crippen molar-refractivity contribution in [2.24, 2.45) is 0 Å². The molecule has 1 aromatic heterocycles. The van der Waals surface area contributed by atoms with E-state index in [9.17, 15) is 14.4 Å². The standard InChI is InChI=1S/C15H14N2O5/c18-12(19)6-5-11(15(21)22)17-14(20)13-10-4-2-1-3-9(10)7-8-16-13/h1-4,7-8,11H,5-6H2,(H,17,20)(H,18,19)(H,21,22). The number of rotatable bonds is 6. The maximum absolute atomic E-state index is 12.2. The fourth-order valence-corrected chi connectivity index (χ4v) is 2.05. The molecular weight excluding hydrogens is 288 g/mol. The number of carboxylic acids is 2. The highest BCUT2D eigenvalue weighted by molar-refractivity contribution is 6.06. The molecule has 1 atom stereocenters. The number of aliphatic carboxylic acids is 2. The van der Waals surface area contributed by atoms with Gasteiger partial charge in [-0.3, -0.25) is 14.6 Å². The summed E-state index contributed by atoms with van der Waals surface area (Å²) in [5.41, 5.74) is 0.111. The van der Waals surface area contributed by atoms with Crippen LogP contribution in [0.2, 0.25) is 0 Å². The number of hydrogen-bond acceptors (Lipinski definition) is 4. The van der Waals surface area contributed by atoms with Crippen LogP contribution in [0.4, 0.5) is 0 Å². The van der Waals surface area contributed by atoms with E-state index < -0.39 is 23.9 Å². The monoisotopic (exact) mass is 302 g/mol. The molecule has 0 bridgehead atoms. The molecule has 2 rings (SSSR count). The number of hydrogen-bond donors (Lipinski definition) is 3. The zero-order valence-electron chi connectivity index (χ0n) is 11.5. The SMILES string of the molecule is O=C(O)CCC(NC(=O)c1nccc2ccccc12)C(=O)O. The van der Waals surface area contributed by atoms with E-state index in [0.717, 1.165) is 5.39 Å². The Kier molecular flexibility index (Phi) is 4.67. The minimum Gasteiger partial charge on any atom is -0.481 e. The number of pyridine rings is 1. The zero-order valence-corrected chi connectivity index (χ0v) is 11.5. The van der Waals surface area contributed by atoms with Crippen molar-refractivity contribution in [2.75, 3.05) is 0 Å². The summed E-state index contributed by atoms with van der Waals surface area (Å²) in [5.74, 6) is -3.05.